The van der Waals surface area contributed by atoms with Gasteiger partial charge in [0.1, 0.15) is 12.1 Å². The van der Waals surface area contributed by atoms with Crippen LogP contribution >= 0.6 is 0 Å². The quantitative estimate of drug-likeness (QED) is 0.822. The summed E-state index contributed by atoms with van der Waals surface area (Å²) in [7, 11) is 0. The Hall–Kier alpha value is -2.31. The Balaban J connectivity index is 1.32. The molecule has 0 aromatic carbocycles. The molecule has 0 spiro atoms. The molecule has 0 radical (unpaired) electrons. The Morgan fingerprint density at radius 2 is 2.00 bits per heavy atom. The number of fused-ring (bicyclic) bond motifs is 1. The van der Waals surface area contributed by atoms with Crippen molar-refractivity contribution in [1.29, 1.82) is 0 Å². The van der Waals surface area contributed by atoms with E-state index in [1.54, 1.807) is 6.33 Å². The highest BCUT2D eigenvalue weighted by atomic mass is 19.1. The molecule has 5 rings (SSSR count). The summed E-state index contributed by atoms with van der Waals surface area (Å²) in [6.07, 6.45) is 10.1. The van der Waals surface area contributed by atoms with Gasteiger partial charge in [-0.2, -0.15) is 0 Å². The molecular formula is C19H22FN5O. The highest BCUT2D eigenvalue weighted by molar-refractivity contribution is 5.43. The van der Waals surface area contributed by atoms with Crippen molar-refractivity contribution in [3.63, 3.8) is 0 Å². The molecular weight excluding hydrogens is 333 g/mol. The number of aromatic nitrogens is 4. The van der Waals surface area contributed by atoms with E-state index in [-0.39, 0.29) is 11.4 Å². The lowest BCUT2D eigenvalue weighted by atomic mass is 9.82. The van der Waals surface area contributed by atoms with E-state index in [9.17, 15) is 4.39 Å². The summed E-state index contributed by atoms with van der Waals surface area (Å²) in [4.78, 5) is 19.2. The fourth-order valence-electron chi connectivity index (χ4n) is 4.54. The maximum absolute atomic E-state index is 13.0. The third kappa shape index (κ3) is 2.89. The molecule has 2 aliphatic carbocycles. The standard InChI is InChI=1S/C19H22FN5O/c20-15-7-21-18(22-8-15)26-11-19-5-1-2-14(19)9-25(10-19)17-6-16(13-3-4-13)23-12-24-17/h6-8,12-14H,1-5,9-11H2. The van der Waals surface area contributed by atoms with Crippen LogP contribution in [-0.4, -0.2) is 39.6 Å². The van der Waals surface area contributed by atoms with Gasteiger partial charge in [-0.15, -0.1) is 0 Å². The van der Waals surface area contributed by atoms with E-state index in [2.05, 4.69) is 30.9 Å². The van der Waals surface area contributed by atoms with Gasteiger partial charge in [0.25, 0.3) is 0 Å². The Morgan fingerprint density at radius 1 is 1.15 bits per heavy atom. The molecule has 6 nitrogen and oxygen atoms in total. The molecule has 3 aliphatic rings. The normalized spacial score (nSPS) is 27.6. The third-order valence-electron chi connectivity index (χ3n) is 6.12. The van der Waals surface area contributed by atoms with Gasteiger partial charge in [-0.25, -0.2) is 24.3 Å². The minimum Gasteiger partial charge on any atom is -0.463 e. The van der Waals surface area contributed by atoms with Crippen molar-refractivity contribution in [2.24, 2.45) is 11.3 Å². The fourth-order valence-corrected chi connectivity index (χ4v) is 4.54. The highest BCUT2D eigenvalue weighted by Crippen LogP contribution is 2.50. The van der Waals surface area contributed by atoms with Crippen LogP contribution in [0.15, 0.2) is 24.8 Å². The Kier molecular flexibility index (Phi) is 3.76. The van der Waals surface area contributed by atoms with Gasteiger partial charge in [0.15, 0.2) is 5.82 Å². The smallest absolute Gasteiger partial charge is 0.316 e. The van der Waals surface area contributed by atoms with Crippen molar-refractivity contribution in [3.05, 3.63) is 36.3 Å². The topological polar surface area (TPSA) is 64.0 Å². The van der Waals surface area contributed by atoms with Crippen molar-refractivity contribution < 1.29 is 9.13 Å². The minimum atomic E-state index is -0.448. The molecule has 1 saturated heterocycles. The van der Waals surface area contributed by atoms with Crippen molar-refractivity contribution in [1.82, 2.24) is 19.9 Å². The van der Waals surface area contributed by atoms with E-state index in [1.807, 2.05) is 0 Å². The molecule has 1 aliphatic heterocycles. The van der Waals surface area contributed by atoms with Gasteiger partial charge in [0.2, 0.25) is 0 Å². The fraction of sp³-hybridized carbons (Fsp3) is 0.579. The predicted molar refractivity (Wildman–Crippen MR) is 93.5 cm³/mol. The van der Waals surface area contributed by atoms with Gasteiger partial charge in [-0.3, -0.25) is 0 Å². The summed E-state index contributed by atoms with van der Waals surface area (Å²) in [6.45, 7) is 2.51. The Labute approximate surface area is 151 Å². The van der Waals surface area contributed by atoms with Gasteiger partial charge in [0.05, 0.1) is 19.0 Å². The van der Waals surface area contributed by atoms with E-state index >= 15 is 0 Å². The molecule has 26 heavy (non-hydrogen) atoms. The van der Waals surface area contributed by atoms with Crippen molar-refractivity contribution in [2.45, 2.75) is 38.0 Å². The van der Waals surface area contributed by atoms with Crippen molar-refractivity contribution >= 4 is 5.82 Å². The summed E-state index contributed by atoms with van der Waals surface area (Å²) in [5.74, 6) is 1.80. The van der Waals surface area contributed by atoms with Gasteiger partial charge >= 0.3 is 6.01 Å². The number of halogens is 1. The van der Waals surface area contributed by atoms with Gasteiger partial charge in [-0.1, -0.05) is 6.42 Å². The zero-order valence-electron chi connectivity index (χ0n) is 14.6. The van der Waals surface area contributed by atoms with Crippen LogP contribution in [-0.2, 0) is 0 Å². The van der Waals surface area contributed by atoms with Crippen LogP contribution in [0.4, 0.5) is 10.2 Å². The van der Waals surface area contributed by atoms with Crippen molar-refractivity contribution in [2.75, 3.05) is 24.6 Å². The molecule has 2 aromatic rings. The number of hydrogen-bond acceptors (Lipinski definition) is 6. The van der Waals surface area contributed by atoms with Gasteiger partial charge < -0.3 is 9.64 Å². The number of hydrogen-bond donors (Lipinski definition) is 0. The summed E-state index contributed by atoms with van der Waals surface area (Å²) in [5.41, 5.74) is 1.28. The van der Waals surface area contributed by atoms with E-state index in [4.69, 9.17) is 4.74 Å². The first-order chi connectivity index (χ1) is 12.7. The summed E-state index contributed by atoms with van der Waals surface area (Å²) in [6, 6.07) is 2.42. The second-order valence-electron chi connectivity index (χ2n) is 7.88. The first kappa shape index (κ1) is 15.9. The maximum atomic E-state index is 13.0. The lowest BCUT2D eigenvalue weighted by Crippen LogP contribution is -2.34. The maximum Gasteiger partial charge on any atom is 0.316 e. The molecule has 0 amide bonds. The lowest BCUT2D eigenvalue weighted by Gasteiger charge is -2.28. The van der Waals surface area contributed by atoms with Crippen LogP contribution in [0.1, 0.15) is 43.7 Å². The van der Waals surface area contributed by atoms with E-state index < -0.39 is 5.82 Å². The Bertz CT molecular complexity index is 797. The molecule has 0 bridgehead atoms. The van der Waals surface area contributed by atoms with Gasteiger partial charge in [0, 0.05) is 36.2 Å². The largest absolute Gasteiger partial charge is 0.463 e. The van der Waals surface area contributed by atoms with E-state index in [0.29, 0.717) is 18.4 Å². The zero-order valence-corrected chi connectivity index (χ0v) is 14.6. The average molecular weight is 355 g/mol. The molecule has 7 heteroatoms. The molecule has 3 heterocycles. The number of nitrogens with zero attached hydrogens (tertiary/aromatic N) is 5. The van der Waals surface area contributed by atoms with E-state index in [0.717, 1.165) is 37.7 Å². The summed E-state index contributed by atoms with van der Waals surface area (Å²) in [5, 5.41) is 0. The molecule has 2 saturated carbocycles. The number of rotatable bonds is 5. The average Bonchev–Trinajstić information content (AvgIpc) is 3.34. The molecule has 3 fully saturated rings. The molecule has 136 valence electrons. The lowest BCUT2D eigenvalue weighted by molar-refractivity contribution is 0.129. The molecule has 2 atom stereocenters. The monoisotopic (exact) mass is 355 g/mol. The van der Waals surface area contributed by atoms with E-state index in [1.165, 1.54) is 31.4 Å². The second-order valence-corrected chi connectivity index (χ2v) is 7.88. The summed E-state index contributed by atoms with van der Waals surface area (Å²) < 4.78 is 18.8. The predicted octanol–water partition coefficient (Wildman–Crippen LogP) is 2.97. The molecule has 2 unspecified atom stereocenters. The van der Waals surface area contributed by atoms with Crippen LogP contribution < -0.4 is 9.64 Å². The van der Waals surface area contributed by atoms with Crippen molar-refractivity contribution in [3.8, 4) is 6.01 Å². The molecule has 2 aromatic heterocycles. The van der Waals surface area contributed by atoms with Crippen LogP contribution in [0.3, 0.4) is 0 Å². The van der Waals surface area contributed by atoms with Crippen LogP contribution in [0, 0.1) is 17.2 Å². The first-order valence-corrected chi connectivity index (χ1v) is 9.39. The third-order valence-corrected chi connectivity index (χ3v) is 6.12. The number of anilines is 1. The minimum absolute atomic E-state index is 0.0996. The van der Waals surface area contributed by atoms with Crippen LogP contribution in [0.25, 0.3) is 0 Å². The Morgan fingerprint density at radius 3 is 2.81 bits per heavy atom. The zero-order chi connectivity index (χ0) is 17.6. The SMILES string of the molecule is Fc1cnc(OCC23CCCC2CN(c2cc(C4CC4)ncn2)C3)nc1. The van der Waals surface area contributed by atoms with Gasteiger partial charge in [-0.05, 0) is 31.6 Å². The molecule has 0 N–H and O–H groups in total. The van der Waals surface area contributed by atoms with Crippen LogP contribution in [0.5, 0.6) is 6.01 Å². The first-order valence-electron chi connectivity index (χ1n) is 9.39. The van der Waals surface area contributed by atoms with Crippen LogP contribution in [0.2, 0.25) is 0 Å². The highest BCUT2D eigenvalue weighted by Gasteiger charge is 2.50. The summed E-state index contributed by atoms with van der Waals surface area (Å²) >= 11 is 0. The number of ether oxygens (including phenoxy) is 1. The second kappa shape index (κ2) is 6.14.